The standard InChI is InChI=1S/C15H22N2O3S/c1-10(11-5-6-11)16-14(18)12(7-9-21-2)17-15(19)13-4-3-8-20-13/h3-4,8,10-12H,5-7,9H2,1-2H3,(H,16,18)(H,17,19). The lowest BCUT2D eigenvalue weighted by Crippen LogP contribution is -2.49. The van der Waals surface area contributed by atoms with Crippen LogP contribution >= 0.6 is 11.8 Å². The van der Waals surface area contributed by atoms with Crippen molar-refractivity contribution in [3.8, 4) is 0 Å². The molecule has 0 saturated heterocycles. The molecule has 0 aliphatic heterocycles. The van der Waals surface area contributed by atoms with E-state index in [0.717, 1.165) is 5.75 Å². The SMILES string of the molecule is CSCCC(NC(=O)c1ccco1)C(=O)NC(C)C1CC1. The molecule has 1 aliphatic carbocycles. The van der Waals surface area contributed by atoms with E-state index in [0.29, 0.717) is 12.3 Å². The number of hydrogen-bond acceptors (Lipinski definition) is 4. The Hall–Kier alpha value is -1.43. The summed E-state index contributed by atoms with van der Waals surface area (Å²) < 4.78 is 5.06. The van der Waals surface area contributed by atoms with Crippen molar-refractivity contribution >= 4 is 23.6 Å². The zero-order valence-corrected chi connectivity index (χ0v) is 13.2. The number of carbonyl (C=O) groups is 2. The topological polar surface area (TPSA) is 71.3 Å². The van der Waals surface area contributed by atoms with Crippen LogP contribution in [-0.2, 0) is 4.79 Å². The van der Waals surface area contributed by atoms with Crippen LogP contribution in [0.15, 0.2) is 22.8 Å². The second-order valence-electron chi connectivity index (χ2n) is 5.42. The van der Waals surface area contributed by atoms with Crippen LogP contribution in [-0.4, -0.2) is 35.9 Å². The molecule has 116 valence electrons. The van der Waals surface area contributed by atoms with Gasteiger partial charge in [-0.3, -0.25) is 9.59 Å². The Morgan fingerprint density at radius 1 is 1.43 bits per heavy atom. The molecular formula is C15H22N2O3S. The van der Waals surface area contributed by atoms with Crippen LogP contribution in [0, 0.1) is 5.92 Å². The van der Waals surface area contributed by atoms with Crippen molar-refractivity contribution in [2.45, 2.75) is 38.3 Å². The Bertz CT molecular complexity index is 471. The van der Waals surface area contributed by atoms with Gasteiger partial charge in [0.05, 0.1) is 6.26 Å². The molecule has 2 rings (SSSR count). The summed E-state index contributed by atoms with van der Waals surface area (Å²) >= 11 is 1.65. The summed E-state index contributed by atoms with van der Waals surface area (Å²) in [5, 5.41) is 5.77. The van der Waals surface area contributed by atoms with Crippen molar-refractivity contribution in [3.63, 3.8) is 0 Å². The molecule has 2 amide bonds. The molecule has 6 heteroatoms. The van der Waals surface area contributed by atoms with Crippen LogP contribution in [0.2, 0.25) is 0 Å². The summed E-state index contributed by atoms with van der Waals surface area (Å²) in [6.07, 6.45) is 6.39. The lowest BCUT2D eigenvalue weighted by Gasteiger charge is -2.20. The Morgan fingerprint density at radius 3 is 2.76 bits per heavy atom. The maximum Gasteiger partial charge on any atom is 0.287 e. The average molecular weight is 310 g/mol. The number of furan rings is 1. The van der Waals surface area contributed by atoms with Gasteiger partial charge in [-0.05, 0) is 56.2 Å². The molecule has 1 heterocycles. The van der Waals surface area contributed by atoms with Gasteiger partial charge in [-0.1, -0.05) is 0 Å². The van der Waals surface area contributed by atoms with E-state index < -0.39 is 6.04 Å². The van der Waals surface area contributed by atoms with Crippen LogP contribution in [0.25, 0.3) is 0 Å². The molecule has 1 fully saturated rings. The first-order valence-corrected chi connectivity index (χ1v) is 8.65. The summed E-state index contributed by atoms with van der Waals surface area (Å²) in [5.41, 5.74) is 0. The summed E-state index contributed by atoms with van der Waals surface area (Å²) in [5.74, 6) is 1.18. The van der Waals surface area contributed by atoms with Gasteiger partial charge in [-0.15, -0.1) is 0 Å². The van der Waals surface area contributed by atoms with Gasteiger partial charge >= 0.3 is 0 Å². The fourth-order valence-electron chi connectivity index (χ4n) is 2.18. The molecule has 2 atom stereocenters. The summed E-state index contributed by atoms with van der Waals surface area (Å²) in [6.45, 7) is 2.02. The number of carbonyl (C=O) groups excluding carboxylic acids is 2. The third-order valence-corrected chi connectivity index (χ3v) is 4.32. The van der Waals surface area contributed by atoms with Crippen molar-refractivity contribution in [1.29, 1.82) is 0 Å². The first-order valence-electron chi connectivity index (χ1n) is 7.25. The molecule has 0 spiro atoms. The number of hydrogen-bond donors (Lipinski definition) is 2. The highest BCUT2D eigenvalue weighted by atomic mass is 32.2. The highest BCUT2D eigenvalue weighted by Gasteiger charge is 2.31. The van der Waals surface area contributed by atoms with E-state index in [1.54, 1.807) is 23.9 Å². The van der Waals surface area contributed by atoms with E-state index in [9.17, 15) is 9.59 Å². The summed E-state index contributed by atoms with van der Waals surface area (Å²) in [6, 6.07) is 2.90. The minimum absolute atomic E-state index is 0.108. The zero-order valence-electron chi connectivity index (χ0n) is 12.4. The Kier molecular flexibility index (Phi) is 5.73. The predicted octanol–water partition coefficient (Wildman–Crippen LogP) is 2.05. The summed E-state index contributed by atoms with van der Waals surface area (Å²) in [4.78, 5) is 24.4. The molecule has 2 N–H and O–H groups in total. The third kappa shape index (κ3) is 4.81. The first-order chi connectivity index (χ1) is 10.1. The lowest BCUT2D eigenvalue weighted by atomic mass is 10.1. The molecule has 0 bridgehead atoms. The lowest BCUT2D eigenvalue weighted by molar-refractivity contribution is -0.123. The second kappa shape index (κ2) is 7.54. The predicted molar refractivity (Wildman–Crippen MR) is 83.3 cm³/mol. The normalized spacial score (nSPS) is 17.0. The molecule has 0 aromatic carbocycles. The maximum absolute atomic E-state index is 12.3. The minimum Gasteiger partial charge on any atom is -0.459 e. The van der Waals surface area contributed by atoms with Crippen molar-refractivity contribution in [2.75, 3.05) is 12.0 Å². The van der Waals surface area contributed by atoms with Gasteiger partial charge in [0.25, 0.3) is 5.91 Å². The molecule has 1 saturated carbocycles. The second-order valence-corrected chi connectivity index (χ2v) is 6.41. The monoisotopic (exact) mass is 310 g/mol. The molecule has 1 aliphatic rings. The van der Waals surface area contributed by atoms with Gasteiger partial charge in [0.2, 0.25) is 5.91 Å². The molecule has 5 nitrogen and oxygen atoms in total. The number of thioether (sulfide) groups is 1. The smallest absolute Gasteiger partial charge is 0.287 e. The van der Waals surface area contributed by atoms with Gasteiger partial charge in [-0.25, -0.2) is 0 Å². The van der Waals surface area contributed by atoms with Crippen molar-refractivity contribution in [1.82, 2.24) is 10.6 Å². The van der Waals surface area contributed by atoms with Gasteiger partial charge in [0.15, 0.2) is 5.76 Å². The van der Waals surface area contributed by atoms with E-state index >= 15 is 0 Å². The van der Waals surface area contributed by atoms with Crippen molar-refractivity contribution < 1.29 is 14.0 Å². The van der Waals surface area contributed by atoms with Crippen molar-refractivity contribution in [3.05, 3.63) is 24.2 Å². The van der Waals surface area contributed by atoms with E-state index in [4.69, 9.17) is 4.42 Å². The van der Waals surface area contributed by atoms with Crippen LogP contribution in [0.4, 0.5) is 0 Å². The van der Waals surface area contributed by atoms with Gasteiger partial charge in [-0.2, -0.15) is 11.8 Å². The third-order valence-electron chi connectivity index (χ3n) is 3.68. The van der Waals surface area contributed by atoms with Crippen LogP contribution in [0.3, 0.4) is 0 Å². The number of amides is 2. The molecule has 21 heavy (non-hydrogen) atoms. The molecule has 2 unspecified atom stereocenters. The van der Waals surface area contributed by atoms with E-state index in [1.165, 1.54) is 19.1 Å². The molecule has 1 aromatic heterocycles. The quantitative estimate of drug-likeness (QED) is 0.771. The van der Waals surface area contributed by atoms with E-state index in [1.807, 2.05) is 13.2 Å². The van der Waals surface area contributed by atoms with E-state index in [-0.39, 0.29) is 23.6 Å². The molecular weight excluding hydrogens is 288 g/mol. The van der Waals surface area contributed by atoms with Gasteiger partial charge in [0, 0.05) is 6.04 Å². The largest absolute Gasteiger partial charge is 0.459 e. The highest BCUT2D eigenvalue weighted by Crippen LogP contribution is 2.32. The van der Waals surface area contributed by atoms with Crippen molar-refractivity contribution in [2.24, 2.45) is 5.92 Å². The van der Waals surface area contributed by atoms with Crippen LogP contribution < -0.4 is 10.6 Å². The summed E-state index contributed by atoms with van der Waals surface area (Å²) in [7, 11) is 0. The first kappa shape index (κ1) is 15.9. The number of nitrogens with one attached hydrogen (secondary N) is 2. The fourth-order valence-corrected chi connectivity index (χ4v) is 2.65. The highest BCUT2D eigenvalue weighted by molar-refractivity contribution is 7.98. The van der Waals surface area contributed by atoms with E-state index in [2.05, 4.69) is 10.6 Å². The maximum atomic E-state index is 12.3. The Morgan fingerprint density at radius 2 is 2.19 bits per heavy atom. The fraction of sp³-hybridized carbons (Fsp3) is 0.600. The Balaban J connectivity index is 1.92. The molecule has 0 radical (unpaired) electrons. The zero-order chi connectivity index (χ0) is 15.2. The molecule has 1 aromatic rings. The number of rotatable bonds is 8. The minimum atomic E-state index is -0.517. The van der Waals surface area contributed by atoms with Crippen LogP contribution in [0.5, 0.6) is 0 Å². The van der Waals surface area contributed by atoms with Gasteiger partial charge in [0.1, 0.15) is 6.04 Å². The van der Waals surface area contributed by atoms with Gasteiger partial charge < -0.3 is 15.1 Å². The van der Waals surface area contributed by atoms with Crippen LogP contribution in [0.1, 0.15) is 36.7 Å². The average Bonchev–Trinajstić information content (AvgIpc) is 3.18. The Labute approximate surface area is 129 Å².